The molecule has 0 spiro atoms. The molecule has 0 fully saturated rings. The van der Waals surface area contributed by atoms with E-state index in [2.05, 4.69) is 9.71 Å². The van der Waals surface area contributed by atoms with Crippen molar-refractivity contribution in [3.05, 3.63) is 35.5 Å². The third-order valence-electron chi connectivity index (χ3n) is 2.45. The maximum Gasteiger partial charge on any atom is 0.232 e. The Kier molecular flexibility index (Phi) is 3.73. The van der Waals surface area contributed by atoms with Crippen LogP contribution in [0.3, 0.4) is 0 Å². The van der Waals surface area contributed by atoms with Crippen LogP contribution >= 0.6 is 11.6 Å². The van der Waals surface area contributed by atoms with Gasteiger partial charge < -0.3 is 0 Å². The number of benzene rings is 1. The molecule has 0 saturated carbocycles. The van der Waals surface area contributed by atoms with Crippen LogP contribution in [0.1, 0.15) is 13.3 Å². The minimum atomic E-state index is -3.32. The van der Waals surface area contributed by atoms with Crippen LogP contribution in [0.2, 0.25) is 5.02 Å². The number of anilines is 1. The maximum absolute atomic E-state index is 11.8. The Morgan fingerprint density at radius 2 is 2.11 bits per heavy atom. The molecule has 1 aromatic heterocycles. The van der Waals surface area contributed by atoms with E-state index in [0.29, 0.717) is 22.6 Å². The average molecular weight is 285 g/mol. The molecule has 0 atom stereocenters. The molecule has 2 rings (SSSR count). The van der Waals surface area contributed by atoms with E-state index in [1.807, 2.05) is 13.0 Å². The quantitative estimate of drug-likeness (QED) is 0.939. The third kappa shape index (κ3) is 2.73. The lowest BCUT2D eigenvalue weighted by Crippen LogP contribution is -2.16. The Morgan fingerprint density at radius 3 is 2.83 bits per heavy atom. The summed E-state index contributed by atoms with van der Waals surface area (Å²) in [6, 6.07) is 6.86. The zero-order valence-corrected chi connectivity index (χ0v) is 11.4. The summed E-state index contributed by atoms with van der Waals surface area (Å²) in [5.74, 6) is 0.0873. The van der Waals surface area contributed by atoms with Crippen LogP contribution in [0.5, 0.6) is 0 Å². The molecule has 2 aromatic rings. The van der Waals surface area contributed by atoms with Crippen molar-refractivity contribution in [2.75, 3.05) is 10.5 Å². The first kappa shape index (κ1) is 13.1. The van der Waals surface area contributed by atoms with Crippen LogP contribution in [0, 0.1) is 0 Å². The van der Waals surface area contributed by atoms with Crippen molar-refractivity contribution in [1.82, 2.24) is 4.98 Å². The number of fused-ring (bicyclic) bond motifs is 1. The molecule has 0 bridgehead atoms. The predicted octanol–water partition coefficient (Wildman–Crippen LogP) is 3.04. The van der Waals surface area contributed by atoms with Gasteiger partial charge >= 0.3 is 0 Å². The number of rotatable bonds is 4. The standard InChI is InChI=1S/C12H13ClN2O2S/c1-2-8-18(16,17)15-11-6-5-10(13)9-4-3-7-14-12(9)11/h3-7,15H,2,8H2,1H3. The highest BCUT2D eigenvalue weighted by molar-refractivity contribution is 7.92. The van der Waals surface area contributed by atoms with E-state index in [1.54, 1.807) is 24.4 Å². The van der Waals surface area contributed by atoms with Crippen molar-refractivity contribution < 1.29 is 8.42 Å². The fourth-order valence-corrected chi connectivity index (χ4v) is 3.06. The molecule has 0 radical (unpaired) electrons. The summed E-state index contributed by atoms with van der Waals surface area (Å²) < 4.78 is 26.1. The van der Waals surface area contributed by atoms with E-state index < -0.39 is 10.0 Å². The zero-order chi connectivity index (χ0) is 13.2. The van der Waals surface area contributed by atoms with Gasteiger partial charge in [0, 0.05) is 11.6 Å². The first-order valence-corrected chi connectivity index (χ1v) is 7.60. The lowest BCUT2D eigenvalue weighted by molar-refractivity contribution is 0.600. The normalized spacial score (nSPS) is 11.7. The maximum atomic E-state index is 11.8. The molecule has 96 valence electrons. The van der Waals surface area contributed by atoms with E-state index in [-0.39, 0.29) is 5.75 Å². The van der Waals surface area contributed by atoms with Crippen molar-refractivity contribution in [2.24, 2.45) is 0 Å². The SMILES string of the molecule is CCCS(=O)(=O)Nc1ccc(Cl)c2cccnc12. The van der Waals surface area contributed by atoms with Crippen LogP contribution in [-0.2, 0) is 10.0 Å². The summed E-state index contributed by atoms with van der Waals surface area (Å²) in [5.41, 5.74) is 1.02. The van der Waals surface area contributed by atoms with Crippen molar-refractivity contribution in [1.29, 1.82) is 0 Å². The van der Waals surface area contributed by atoms with Gasteiger partial charge in [0.1, 0.15) is 0 Å². The van der Waals surface area contributed by atoms with Crippen molar-refractivity contribution in [3.8, 4) is 0 Å². The van der Waals surface area contributed by atoms with Gasteiger partial charge in [0.2, 0.25) is 10.0 Å². The van der Waals surface area contributed by atoms with E-state index in [4.69, 9.17) is 11.6 Å². The predicted molar refractivity (Wildman–Crippen MR) is 74.5 cm³/mol. The van der Waals surface area contributed by atoms with E-state index in [0.717, 1.165) is 5.39 Å². The van der Waals surface area contributed by atoms with Gasteiger partial charge in [-0.1, -0.05) is 18.5 Å². The number of nitrogens with one attached hydrogen (secondary N) is 1. The lowest BCUT2D eigenvalue weighted by Gasteiger charge is -2.10. The van der Waals surface area contributed by atoms with Gasteiger partial charge in [-0.05, 0) is 30.7 Å². The van der Waals surface area contributed by atoms with Gasteiger partial charge in [0.25, 0.3) is 0 Å². The highest BCUT2D eigenvalue weighted by atomic mass is 35.5. The summed E-state index contributed by atoms with van der Waals surface area (Å²) in [4.78, 5) is 4.17. The number of hydrogen-bond acceptors (Lipinski definition) is 3. The molecule has 0 unspecified atom stereocenters. The topological polar surface area (TPSA) is 59.1 Å². The van der Waals surface area contributed by atoms with E-state index in [1.165, 1.54) is 0 Å². The highest BCUT2D eigenvalue weighted by Crippen LogP contribution is 2.28. The minimum absolute atomic E-state index is 0.0873. The van der Waals surface area contributed by atoms with Gasteiger partial charge in [-0.2, -0.15) is 0 Å². The summed E-state index contributed by atoms with van der Waals surface area (Å²) in [6.45, 7) is 1.82. The second-order valence-electron chi connectivity index (χ2n) is 3.92. The van der Waals surface area contributed by atoms with E-state index in [9.17, 15) is 8.42 Å². The first-order valence-electron chi connectivity index (χ1n) is 5.57. The van der Waals surface area contributed by atoms with Gasteiger partial charge in [-0.15, -0.1) is 0 Å². The molecule has 1 heterocycles. The number of sulfonamides is 1. The fraction of sp³-hybridized carbons (Fsp3) is 0.250. The molecule has 1 N–H and O–H groups in total. The zero-order valence-electron chi connectivity index (χ0n) is 9.85. The minimum Gasteiger partial charge on any atom is -0.281 e. The third-order valence-corrected chi connectivity index (χ3v) is 4.26. The van der Waals surface area contributed by atoms with Crippen LogP contribution in [0.25, 0.3) is 10.9 Å². The molecular formula is C12H13ClN2O2S. The number of halogens is 1. The molecule has 1 aromatic carbocycles. The summed E-state index contributed by atoms with van der Waals surface area (Å²) in [7, 11) is -3.32. The van der Waals surface area contributed by atoms with Gasteiger partial charge in [-0.3, -0.25) is 9.71 Å². The Labute approximate surface area is 111 Å². The van der Waals surface area contributed by atoms with Crippen molar-refractivity contribution in [3.63, 3.8) is 0 Å². The molecule has 0 aliphatic carbocycles. The molecule has 6 heteroatoms. The smallest absolute Gasteiger partial charge is 0.232 e. The van der Waals surface area contributed by atoms with Gasteiger partial charge in [0.15, 0.2) is 0 Å². The Balaban J connectivity index is 2.50. The fourth-order valence-electron chi connectivity index (χ4n) is 1.71. The monoisotopic (exact) mass is 284 g/mol. The molecular weight excluding hydrogens is 272 g/mol. The second-order valence-corrected chi connectivity index (χ2v) is 6.16. The lowest BCUT2D eigenvalue weighted by atomic mass is 10.2. The Bertz CT molecular complexity index is 671. The van der Waals surface area contributed by atoms with Crippen LogP contribution < -0.4 is 4.72 Å². The molecule has 4 nitrogen and oxygen atoms in total. The van der Waals surface area contributed by atoms with Crippen molar-refractivity contribution >= 4 is 38.2 Å². The van der Waals surface area contributed by atoms with Gasteiger partial charge in [-0.25, -0.2) is 8.42 Å². The molecule has 0 amide bonds. The van der Waals surface area contributed by atoms with Crippen LogP contribution in [0.15, 0.2) is 30.5 Å². The summed E-state index contributed by atoms with van der Waals surface area (Å²) in [5, 5.41) is 1.28. The number of hydrogen-bond donors (Lipinski definition) is 1. The average Bonchev–Trinajstić information content (AvgIpc) is 2.33. The number of pyridine rings is 1. The number of nitrogens with zero attached hydrogens (tertiary/aromatic N) is 1. The van der Waals surface area contributed by atoms with E-state index >= 15 is 0 Å². The molecule has 0 saturated heterocycles. The highest BCUT2D eigenvalue weighted by Gasteiger charge is 2.12. The van der Waals surface area contributed by atoms with Gasteiger partial charge in [0.05, 0.1) is 22.0 Å². The summed E-state index contributed by atoms with van der Waals surface area (Å²) in [6.07, 6.45) is 2.17. The molecule has 0 aliphatic rings. The molecule has 0 aliphatic heterocycles. The van der Waals surface area contributed by atoms with Crippen LogP contribution in [0.4, 0.5) is 5.69 Å². The number of aromatic nitrogens is 1. The first-order chi connectivity index (χ1) is 8.53. The molecule has 18 heavy (non-hydrogen) atoms. The largest absolute Gasteiger partial charge is 0.281 e. The Morgan fingerprint density at radius 1 is 1.33 bits per heavy atom. The second kappa shape index (κ2) is 5.12. The Hall–Kier alpha value is -1.33. The summed E-state index contributed by atoms with van der Waals surface area (Å²) >= 11 is 6.04. The van der Waals surface area contributed by atoms with Crippen molar-refractivity contribution in [2.45, 2.75) is 13.3 Å². The van der Waals surface area contributed by atoms with Crippen LogP contribution in [-0.4, -0.2) is 19.2 Å².